The molecule has 1 aliphatic heterocycles. The van der Waals surface area contributed by atoms with Gasteiger partial charge in [0.2, 0.25) is 0 Å². The van der Waals surface area contributed by atoms with Crippen molar-refractivity contribution in [2.45, 2.75) is 20.0 Å². The highest BCUT2D eigenvalue weighted by molar-refractivity contribution is 6.30. The fourth-order valence-electron chi connectivity index (χ4n) is 3.17. The third-order valence-electron chi connectivity index (χ3n) is 4.62. The monoisotopic (exact) mass is 348 g/mol. The van der Waals surface area contributed by atoms with Gasteiger partial charge in [0.15, 0.2) is 0 Å². The number of piperazine rings is 1. The molecule has 3 rings (SSSR count). The summed E-state index contributed by atoms with van der Waals surface area (Å²) in [4.78, 5) is 4.71. The maximum absolute atomic E-state index is 9.03. The topological polar surface area (TPSA) is 44.5 Å². The zero-order valence-electron chi connectivity index (χ0n) is 14.2. The molecular formula is C18H25ClN4O. The molecule has 1 fully saturated rings. The lowest BCUT2D eigenvalue weighted by Crippen LogP contribution is -2.46. The van der Waals surface area contributed by atoms with E-state index in [2.05, 4.69) is 27.0 Å². The van der Waals surface area contributed by atoms with E-state index in [1.165, 1.54) is 5.56 Å². The molecule has 0 spiro atoms. The molecule has 24 heavy (non-hydrogen) atoms. The number of halogens is 1. The van der Waals surface area contributed by atoms with Crippen LogP contribution in [0.4, 0.5) is 0 Å². The Hall–Kier alpha value is -1.40. The molecule has 2 aromatic rings. The van der Waals surface area contributed by atoms with E-state index in [0.29, 0.717) is 6.54 Å². The highest BCUT2D eigenvalue weighted by Crippen LogP contribution is 2.23. The first kappa shape index (κ1) is 17.4. The molecule has 1 aromatic carbocycles. The van der Waals surface area contributed by atoms with E-state index in [4.69, 9.17) is 16.7 Å². The number of benzene rings is 1. The van der Waals surface area contributed by atoms with Gasteiger partial charge >= 0.3 is 0 Å². The van der Waals surface area contributed by atoms with Gasteiger partial charge in [-0.25, -0.2) is 4.68 Å². The zero-order valence-corrected chi connectivity index (χ0v) is 14.9. The van der Waals surface area contributed by atoms with Gasteiger partial charge in [-0.1, -0.05) is 41.9 Å². The summed E-state index contributed by atoms with van der Waals surface area (Å²) in [6.07, 6.45) is 0. The molecule has 0 saturated carbocycles. The molecule has 1 saturated heterocycles. The molecule has 6 heteroatoms. The SMILES string of the molecule is Cc1nn(Cc2ccccc2)c(Cl)c1CN1CCN(CCO)CC1. The third kappa shape index (κ3) is 4.16. The fraction of sp³-hybridized carbons (Fsp3) is 0.500. The number of aliphatic hydroxyl groups excluding tert-OH is 1. The van der Waals surface area contributed by atoms with Gasteiger partial charge in [0.1, 0.15) is 5.15 Å². The molecule has 1 aromatic heterocycles. The van der Waals surface area contributed by atoms with Crippen molar-refractivity contribution in [1.82, 2.24) is 19.6 Å². The summed E-state index contributed by atoms with van der Waals surface area (Å²) in [7, 11) is 0. The zero-order chi connectivity index (χ0) is 16.9. The van der Waals surface area contributed by atoms with Crippen molar-refractivity contribution < 1.29 is 5.11 Å². The normalized spacial score (nSPS) is 16.6. The number of hydrogen-bond donors (Lipinski definition) is 1. The number of aryl methyl sites for hydroxylation is 1. The van der Waals surface area contributed by atoms with E-state index >= 15 is 0 Å². The lowest BCUT2D eigenvalue weighted by atomic mass is 10.2. The molecule has 2 heterocycles. The Kier molecular flexibility index (Phi) is 5.89. The Morgan fingerprint density at radius 2 is 1.71 bits per heavy atom. The summed E-state index contributed by atoms with van der Waals surface area (Å²) in [5.74, 6) is 0. The average molecular weight is 349 g/mol. The van der Waals surface area contributed by atoms with Crippen molar-refractivity contribution in [2.24, 2.45) is 0 Å². The first-order valence-corrected chi connectivity index (χ1v) is 8.86. The summed E-state index contributed by atoms with van der Waals surface area (Å²) in [6, 6.07) is 10.3. The smallest absolute Gasteiger partial charge is 0.132 e. The van der Waals surface area contributed by atoms with Gasteiger partial charge in [-0.3, -0.25) is 9.80 Å². The van der Waals surface area contributed by atoms with E-state index in [1.54, 1.807) is 0 Å². The standard InChI is InChI=1S/C18H25ClN4O/c1-15-17(14-22-9-7-21(8-10-22)11-12-24)18(19)23(20-15)13-16-5-3-2-4-6-16/h2-6,24H,7-14H2,1H3. The highest BCUT2D eigenvalue weighted by atomic mass is 35.5. The predicted octanol–water partition coefficient (Wildman–Crippen LogP) is 2.00. The molecule has 1 N–H and O–H groups in total. The Morgan fingerprint density at radius 3 is 2.38 bits per heavy atom. The van der Waals surface area contributed by atoms with Gasteiger partial charge in [0, 0.05) is 44.8 Å². The van der Waals surface area contributed by atoms with Crippen molar-refractivity contribution in [3.05, 3.63) is 52.3 Å². The van der Waals surface area contributed by atoms with Gasteiger partial charge in [0.25, 0.3) is 0 Å². The number of β-amino-alcohol motifs (C(OH)–C–C–N with tert-alkyl or cyclic N) is 1. The Bertz CT molecular complexity index is 651. The second kappa shape index (κ2) is 8.12. The van der Waals surface area contributed by atoms with E-state index in [9.17, 15) is 0 Å². The maximum Gasteiger partial charge on any atom is 0.132 e. The lowest BCUT2D eigenvalue weighted by Gasteiger charge is -2.34. The second-order valence-electron chi connectivity index (χ2n) is 6.34. The average Bonchev–Trinajstić information content (AvgIpc) is 2.85. The van der Waals surface area contributed by atoms with Crippen LogP contribution >= 0.6 is 11.6 Å². The van der Waals surface area contributed by atoms with Crippen molar-refractivity contribution in [3.8, 4) is 0 Å². The number of nitrogens with zero attached hydrogens (tertiary/aromatic N) is 4. The molecule has 0 amide bonds. The minimum Gasteiger partial charge on any atom is -0.395 e. The summed E-state index contributed by atoms with van der Waals surface area (Å²) >= 11 is 6.61. The van der Waals surface area contributed by atoms with Crippen molar-refractivity contribution >= 4 is 11.6 Å². The van der Waals surface area contributed by atoms with Crippen molar-refractivity contribution in [1.29, 1.82) is 0 Å². The molecule has 0 bridgehead atoms. The van der Waals surface area contributed by atoms with Gasteiger partial charge in [-0.2, -0.15) is 5.10 Å². The quantitative estimate of drug-likeness (QED) is 0.867. The summed E-state index contributed by atoms with van der Waals surface area (Å²) in [6.45, 7) is 8.56. The van der Waals surface area contributed by atoms with Crippen LogP contribution in [0, 0.1) is 6.92 Å². The van der Waals surface area contributed by atoms with Crippen LogP contribution in [-0.2, 0) is 13.1 Å². The van der Waals surface area contributed by atoms with Crippen molar-refractivity contribution in [3.63, 3.8) is 0 Å². The minimum absolute atomic E-state index is 0.233. The third-order valence-corrected chi connectivity index (χ3v) is 5.04. The number of rotatable bonds is 6. The van der Waals surface area contributed by atoms with Crippen LogP contribution in [0.3, 0.4) is 0 Å². The van der Waals surface area contributed by atoms with Gasteiger partial charge in [0.05, 0.1) is 18.8 Å². The highest BCUT2D eigenvalue weighted by Gasteiger charge is 2.20. The Morgan fingerprint density at radius 1 is 1.04 bits per heavy atom. The largest absolute Gasteiger partial charge is 0.395 e. The lowest BCUT2D eigenvalue weighted by molar-refractivity contribution is 0.108. The van der Waals surface area contributed by atoms with Crippen LogP contribution in [0.2, 0.25) is 5.15 Å². The van der Waals surface area contributed by atoms with Gasteiger partial charge in [-0.05, 0) is 12.5 Å². The number of hydrogen-bond acceptors (Lipinski definition) is 4. The summed E-state index contributed by atoms with van der Waals surface area (Å²) in [5, 5.41) is 14.4. The van der Waals surface area contributed by atoms with E-state index in [-0.39, 0.29) is 6.61 Å². The van der Waals surface area contributed by atoms with Crippen LogP contribution in [0.25, 0.3) is 0 Å². The van der Waals surface area contributed by atoms with Crippen LogP contribution in [0.15, 0.2) is 30.3 Å². The summed E-state index contributed by atoms with van der Waals surface area (Å²) < 4.78 is 1.89. The first-order chi connectivity index (χ1) is 11.7. The van der Waals surface area contributed by atoms with Crippen molar-refractivity contribution in [2.75, 3.05) is 39.3 Å². The molecule has 1 aliphatic rings. The molecule has 0 unspecified atom stereocenters. The fourth-order valence-corrected chi connectivity index (χ4v) is 3.46. The van der Waals surface area contributed by atoms with Crippen LogP contribution in [-0.4, -0.2) is 64.0 Å². The predicted molar refractivity (Wildman–Crippen MR) is 96.3 cm³/mol. The molecule has 0 atom stereocenters. The van der Waals surface area contributed by atoms with Crippen LogP contribution < -0.4 is 0 Å². The van der Waals surface area contributed by atoms with Gasteiger partial charge < -0.3 is 5.11 Å². The second-order valence-corrected chi connectivity index (χ2v) is 6.70. The van der Waals surface area contributed by atoms with E-state index in [1.807, 2.05) is 29.8 Å². The van der Waals surface area contributed by atoms with Gasteiger partial charge in [-0.15, -0.1) is 0 Å². The Labute approximate surface area is 148 Å². The molecule has 5 nitrogen and oxygen atoms in total. The number of aromatic nitrogens is 2. The van der Waals surface area contributed by atoms with Crippen LogP contribution in [0.5, 0.6) is 0 Å². The summed E-state index contributed by atoms with van der Waals surface area (Å²) in [5.41, 5.74) is 3.34. The Balaban J connectivity index is 1.64. The molecular weight excluding hydrogens is 324 g/mol. The molecule has 130 valence electrons. The van der Waals surface area contributed by atoms with E-state index in [0.717, 1.165) is 55.7 Å². The van der Waals surface area contributed by atoms with E-state index < -0.39 is 0 Å². The molecule has 0 aliphatic carbocycles. The first-order valence-electron chi connectivity index (χ1n) is 8.48. The molecule has 0 radical (unpaired) electrons. The van der Waals surface area contributed by atoms with Crippen LogP contribution in [0.1, 0.15) is 16.8 Å². The maximum atomic E-state index is 9.03. The number of aliphatic hydroxyl groups is 1. The minimum atomic E-state index is 0.233.